The fourth-order valence-corrected chi connectivity index (χ4v) is 7.20. The Labute approximate surface area is 293 Å². The Kier molecular flexibility index (Phi) is 10.3. The van der Waals surface area contributed by atoms with E-state index in [1.807, 2.05) is 18.2 Å². The minimum atomic E-state index is -0.0991. The summed E-state index contributed by atoms with van der Waals surface area (Å²) in [5.41, 5.74) is 6.03. The van der Waals surface area contributed by atoms with Gasteiger partial charge in [0.05, 0.1) is 19.6 Å². The zero-order valence-corrected chi connectivity index (χ0v) is 28.8. The summed E-state index contributed by atoms with van der Waals surface area (Å²) in [6.07, 6.45) is 4.62. The van der Waals surface area contributed by atoms with Crippen molar-refractivity contribution in [1.82, 2.24) is 9.13 Å². The van der Waals surface area contributed by atoms with E-state index in [-0.39, 0.29) is 18.0 Å². The predicted molar refractivity (Wildman–Crippen MR) is 203 cm³/mol. The zero-order chi connectivity index (χ0) is 34.3. The molecule has 7 aromatic rings. The average Bonchev–Trinajstić information content (AvgIpc) is 3.63. The van der Waals surface area contributed by atoms with E-state index in [4.69, 9.17) is 9.47 Å². The number of rotatable bonds is 17. The van der Waals surface area contributed by atoms with Crippen LogP contribution in [0.25, 0.3) is 43.6 Å². The van der Waals surface area contributed by atoms with Crippen LogP contribution in [-0.4, -0.2) is 33.9 Å². The molecule has 6 nitrogen and oxygen atoms in total. The number of para-hydroxylation sites is 4. The van der Waals surface area contributed by atoms with Gasteiger partial charge >= 0.3 is 0 Å². The van der Waals surface area contributed by atoms with E-state index in [0.29, 0.717) is 26.1 Å². The topological polar surface area (TPSA) is 62.5 Å². The van der Waals surface area contributed by atoms with E-state index in [1.165, 1.54) is 50.5 Å². The van der Waals surface area contributed by atoms with Crippen molar-refractivity contribution >= 4 is 55.2 Å². The van der Waals surface area contributed by atoms with Crippen LogP contribution >= 0.6 is 0 Å². The number of Topliss-reactive ketones (excluding diaryl/α,β-unsaturated/α-hetero) is 2. The molecule has 0 fully saturated rings. The Morgan fingerprint density at radius 2 is 0.940 bits per heavy atom. The van der Waals surface area contributed by atoms with Gasteiger partial charge in [0.2, 0.25) is 0 Å². The van der Waals surface area contributed by atoms with Gasteiger partial charge in [-0.3, -0.25) is 9.59 Å². The third kappa shape index (κ3) is 7.45. The van der Waals surface area contributed by atoms with Gasteiger partial charge in [-0.05, 0) is 81.0 Å². The highest BCUT2D eigenvalue weighted by Gasteiger charge is 2.12. The third-order valence-corrected chi connectivity index (χ3v) is 9.53. The fraction of sp³-hybridized carbons (Fsp3) is 0.273. The number of fused-ring (bicyclic) bond motifs is 6. The summed E-state index contributed by atoms with van der Waals surface area (Å²) in [5, 5.41) is 5.16. The van der Waals surface area contributed by atoms with Gasteiger partial charge in [0.25, 0.3) is 0 Å². The number of carbonyl (C=O) groups excluding carboxylic acids is 2. The quantitative estimate of drug-likeness (QED) is 0.0718. The number of nitrogens with zero attached hydrogens (tertiary/aromatic N) is 2. The molecule has 0 aliphatic heterocycles. The summed E-state index contributed by atoms with van der Waals surface area (Å²) >= 11 is 0. The molecular weight excluding hydrogens is 620 g/mol. The number of ketones is 2. The second-order valence-electron chi connectivity index (χ2n) is 13.2. The minimum absolute atomic E-state index is 0.0164. The van der Waals surface area contributed by atoms with Gasteiger partial charge < -0.3 is 18.6 Å². The largest absolute Gasteiger partial charge is 0.493 e. The molecule has 0 spiro atoms. The molecule has 0 saturated carbocycles. The van der Waals surface area contributed by atoms with Gasteiger partial charge in [-0.1, -0.05) is 72.8 Å². The van der Waals surface area contributed by atoms with E-state index in [9.17, 15) is 9.59 Å². The van der Waals surface area contributed by atoms with E-state index in [0.717, 1.165) is 55.8 Å². The van der Waals surface area contributed by atoms with Crippen LogP contribution in [0.1, 0.15) is 51.0 Å². The number of aromatic nitrogens is 2. The van der Waals surface area contributed by atoms with Crippen LogP contribution in [0.5, 0.6) is 11.5 Å². The van der Waals surface area contributed by atoms with Crippen LogP contribution in [-0.2, 0) is 29.1 Å². The summed E-state index contributed by atoms with van der Waals surface area (Å²) in [4.78, 5) is 23.8. The van der Waals surface area contributed by atoms with Crippen molar-refractivity contribution in [2.24, 2.45) is 0 Å². The monoisotopic (exact) mass is 664 g/mol. The smallest absolute Gasteiger partial charge is 0.140 e. The Bertz CT molecular complexity index is 2030. The molecule has 2 heterocycles. The van der Waals surface area contributed by atoms with Crippen molar-refractivity contribution in [1.29, 1.82) is 0 Å². The van der Waals surface area contributed by atoms with E-state index in [1.54, 1.807) is 0 Å². The summed E-state index contributed by atoms with van der Waals surface area (Å²) in [6.45, 7) is 4.46. The van der Waals surface area contributed by atoms with Crippen LogP contribution < -0.4 is 9.47 Å². The Hall–Kier alpha value is -5.36. The van der Waals surface area contributed by atoms with E-state index in [2.05, 4.69) is 106 Å². The summed E-state index contributed by atoms with van der Waals surface area (Å²) in [6, 6.07) is 40.4. The first-order valence-electron chi connectivity index (χ1n) is 17.9. The number of aryl methyl sites for hydroxylation is 3. The maximum absolute atomic E-state index is 12.3. The molecule has 7 rings (SSSR count). The number of hydrogen-bond donors (Lipinski definition) is 0. The van der Waals surface area contributed by atoms with Gasteiger partial charge in [-0.25, -0.2) is 0 Å². The molecular formula is C44H44N2O4. The van der Waals surface area contributed by atoms with Crippen molar-refractivity contribution in [2.45, 2.75) is 65.0 Å². The van der Waals surface area contributed by atoms with E-state index < -0.39 is 0 Å². The molecule has 0 N–H and O–H groups in total. The first kappa shape index (κ1) is 33.2. The first-order valence-corrected chi connectivity index (χ1v) is 17.9. The van der Waals surface area contributed by atoms with Crippen molar-refractivity contribution < 1.29 is 19.1 Å². The number of hydrogen-bond acceptors (Lipinski definition) is 4. The molecule has 0 radical (unpaired) electrons. The Morgan fingerprint density at radius 1 is 0.540 bits per heavy atom. The molecule has 5 aromatic carbocycles. The third-order valence-electron chi connectivity index (χ3n) is 9.53. The molecule has 0 saturated heterocycles. The van der Waals surface area contributed by atoms with Crippen molar-refractivity contribution in [3.05, 3.63) is 121 Å². The summed E-state index contributed by atoms with van der Waals surface area (Å²) in [7, 11) is 0. The molecule has 0 unspecified atom stereocenters. The fourth-order valence-electron chi connectivity index (χ4n) is 7.20. The molecule has 254 valence electrons. The van der Waals surface area contributed by atoms with Crippen LogP contribution in [0.15, 0.2) is 115 Å². The van der Waals surface area contributed by atoms with Gasteiger partial charge in [0.1, 0.15) is 23.1 Å². The average molecular weight is 665 g/mol. The highest BCUT2D eigenvalue weighted by Crippen LogP contribution is 2.31. The van der Waals surface area contributed by atoms with Crippen LogP contribution in [0, 0.1) is 0 Å². The van der Waals surface area contributed by atoms with Crippen molar-refractivity contribution in [3.8, 4) is 11.5 Å². The maximum Gasteiger partial charge on any atom is 0.140 e. The minimum Gasteiger partial charge on any atom is -0.493 e. The lowest BCUT2D eigenvalue weighted by atomic mass is 10.0. The molecule has 0 amide bonds. The van der Waals surface area contributed by atoms with E-state index >= 15 is 0 Å². The van der Waals surface area contributed by atoms with Gasteiger partial charge in [-0.15, -0.1) is 0 Å². The number of benzene rings is 5. The molecule has 2 aromatic heterocycles. The highest BCUT2D eigenvalue weighted by molar-refractivity contribution is 6.08. The standard InChI is InChI=1S/C44H44N2O4/c1-32(47)28-34(48)23-22-33-29-35(49-26-12-10-24-45-41-18-6-2-14-37(41)38-15-3-7-19-42(38)45)31-36(30-33)50-27-13-11-25-46-43-20-8-4-16-39(43)40-17-5-9-21-44(40)46/h2-9,14-21,29-31H,10-13,22-28H2,1H3. The lowest BCUT2D eigenvalue weighted by Crippen LogP contribution is -2.06. The molecule has 0 atom stereocenters. The SMILES string of the molecule is CC(=O)CC(=O)CCc1cc(OCCCCn2c3ccccc3c3ccccc32)cc(OCCCCn2c3ccccc3c3ccccc32)c1. The lowest BCUT2D eigenvalue weighted by Gasteiger charge is -2.13. The van der Waals surface area contributed by atoms with Gasteiger partial charge in [0, 0.05) is 69.2 Å². The van der Waals surface area contributed by atoms with Crippen LogP contribution in [0.3, 0.4) is 0 Å². The number of unbranched alkanes of at least 4 members (excludes halogenated alkanes) is 2. The van der Waals surface area contributed by atoms with Gasteiger partial charge in [-0.2, -0.15) is 0 Å². The second-order valence-corrected chi connectivity index (χ2v) is 13.2. The Balaban J connectivity index is 0.965. The second kappa shape index (κ2) is 15.5. The summed E-state index contributed by atoms with van der Waals surface area (Å²) in [5.74, 6) is 1.36. The first-order chi connectivity index (χ1) is 24.5. The van der Waals surface area contributed by atoms with Crippen molar-refractivity contribution in [3.63, 3.8) is 0 Å². The molecule has 0 aliphatic rings. The zero-order valence-electron chi connectivity index (χ0n) is 28.8. The highest BCUT2D eigenvalue weighted by atomic mass is 16.5. The van der Waals surface area contributed by atoms with Crippen LogP contribution in [0.2, 0.25) is 0 Å². The molecule has 0 bridgehead atoms. The van der Waals surface area contributed by atoms with Crippen molar-refractivity contribution in [2.75, 3.05) is 13.2 Å². The normalized spacial score (nSPS) is 11.5. The predicted octanol–water partition coefficient (Wildman–Crippen LogP) is 10.1. The maximum atomic E-state index is 12.3. The lowest BCUT2D eigenvalue weighted by molar-refractivity contribution is -0.125. The molecule has 6 heteroatoms. The van der Waals surface area contributed by atoms with Gasteiger partial charge in [0.15, 0.2) is 0 Å². The number of ether oxygens (including phenoxy) is 2. The number of carbonyl (C=O) groups is 2. The Morgan fingerprint density at radius 3 is 1.34 bits per heavy atom. The molecule has 50 heavy (non-hydrogen) atoms. The molecule has 0 aliphatic carbocycles. The van der Waals surface area contributed by atoms with Crippen LogP contribution in [0.4, 0.5) is 0 Å². The summed E-state index contributed by atoms with van der Waals surface area (Å²) < 4.78 is 17.4.